The molecule has 0 N–H and O–H groups in total. The van der Waals surface area contributed by atoms with Crippen LogP contribution >= 0.6 is 0 Å². The van der Waals surface area contributed by atoms with Gasteiger partial charge in [0.2, 0.25) is 0 Å². The van der Waals surface area contributed by atoms with E-state index in [2.05, 4.69) is 90.5 Å². The Labute approximate surface area is 143 Å². The molecule has 1 aliphatic heterocycles. The number of likely N-dealkylation sites (N-methyl/N-ethyl adjacent to an activating group) is 1. The van der Waals surface area contributed by atoms with Crippen LogP contribution in [0.3, 0.4) is 0 Å². The first-order valence-electron chi connectivity index (χ1n) is 6.99. The van der Waals surface area contributed by atoms with E-state index in [1.165, 1.54) is 22.5 Å². The van der Waals surface area contributed by atoms with Gasteiger partial charge < -0.3 is 28.9 Å². The van der Waals surface area contributed by atoms with Gasteiger partial charge in [0, 0.05) is 30.6 Å². The minimum absolute atomic E-state index is 0. The summed E-state index contributed by atoms with van der Waals surface area (Å²) in [6.07, 6.45) is 10.8. The Hall–Kier alpha value is -1.62. The lowest BCUT2D eigenvalue weighted by molar-refractivity contribution is -0.693. The number of pyridine rings is 1. The smallest absolute Gasteiger partial charge is 0.169 e. The molecule has 0 aliphatic carbocycles. The van der Waals surface area contributed by atoms with Crippen LogP contribution in [0, 0.1) is 0 Å². The fraction of sp³-hybridized carbons (Fsp3) is 0.167. The topological polar surface area (TPSA) is 7.12 Å². The Kier molecular flexibility index (Phi) is 5.17. The van der Waals surface area contributed by atoms with Crippen LogP contribution in [0.15, 0.2) is 60.6 Å². The van der Waals surface area contributed by atoms with Crippen LogP contribution in [0.2, 0.25) is 0 Å². The van der Waals surface area contributed by atoms with E-state index >= 15 is 0 Å². The van der Waals surface area contributed by atoms with Gasteiger partial charge in [0.15, 0.2) is 12.4 Å². The largest absolute Gasteiger partial charge is 1.00 e. The Morgan fingerprint density at radius 2 is 1.76 bits per heavy atom. The van der Waals surface area contributed by atoms with Gasteiger partial charge in [0.25, 0.3) is 0 Å². The summed E-state index contributed by atoms with van der Waals surface area (Å²) in [6, 6.07) is 12.8. The molecular weight excluding hydrogens is 371 g/mol. The molecule has 1 aromatic heterocycles. The fourth-order valence-electron chi connectivity index (χ4n) is 2.45. The third-order valence-corrected chi connectivity index (χ3v) is 3.72. The van der Waals surface area contributed by atoms with Gasteiger partial charge in [-0.3, -0.25) is 0 Å². The number of aryl methyl sites for hydroxylation is 1. The number of nitrogens with zero attached hydrogens (tertiary/aromatic N) is 2. The molecule has 2 aromatic rings. The molecule has 2 heterocycles. The van der Waals surface area contributed by atoms with Crippen molar-refractivity contribution < 1.29 is 28.5 Å². The molecule has 0 radical (unpaired) electrons. The first-order valence-corrected chi connectivity index (χ1v) is 6.99. The minimum Gasteiger partial charge on any atom is -1.00 e. The van der Waals surface area contributed by atoms with Gasteiger partial charge in [0.05, 0.1) is 0 Å². The Morgan fingerprint density at radius 1 is 1.05 bits per heavy atom. The molecule has 21 heavy (non-hydrogen) atoms. The van der Waals surface area contributed by atoms with Crippen molar-refractivity contribution in [2.75, 3.05) is 11.9 Å². The molecule has 0 fully saturated rings. The van der Waals surface area contributed by atoms with Gasteiger partial charge >= 0.3 is 0 Å². The third kappa shape index (κ3) is 3.35. The predicted molar refractivity (Wildman–Crippen MR) is 84.2 cm³/mol. The average molecular weight is 390 g/mol. The second-order valence-electron chi connectivity index (χ2n) is 4.98. The van der Waals surface area contributed by atoms with Crippen LogP contribution in [0.4, 0.5) is 5.69 Å². The molecule has 1 aliphatic rings. The summed E-state index contributed by atoms with van der Waals surface area (Å²) < 4.78 is 2.16. The van der Waals surface area contributed by atoms with Crippen LogP contribution in [0.5, 0.6) is 0 Å². The standard InChI is InChI=1S/C18H19N2.HI/c1-3-20-12-10-15(11-13-20)14-17-9-8-16-6-4-5-7-18(16)19(17)2;/h4-14H,3H2,1-2H3;1H/q+1;/p-1. The van der Waals surface area contributed by atoms with E-state index in [1.807, 2.05) is 0 Å². The van der Waals surface area contributed by atoms with Crippen molar-refractivity contribution in [3.05, 3.63) is 71.7 Å². The second kappa shape index (κ2) is 6.89. The Bertz CT molecular complexity index is 672. The summed E-state index contributed by atoms with van der Waals surface area (Å²) in [6.45, 7) is 3.15. The van der Waals surface area contributed by atoms with Crippen molar-refractivity contribution in [3.63, 3.8) is 0 Å². The number of para-hydroxylation sites is 1. The van der Waals surface area contributed by atoms with Crippen LogP contribution in [-0.2, 0) is 6.54 Å². The van der Waals surface area contributed by atoms with E-state index in [4.69, 9.17) is 0 Å². The molecule has 2 nitrogen and oxygen atoms in total. The van der Waals surface area contributed by atoms with Crippen molar-refractivity contribution in [2.24, 2.45) is 0 Å². The monoisotopic (exact) mass is 390 g/mol. The van der Waals surface area contributed by atoms with Crippen molar-refractivity contribution in [3.8, 4) is 0 Å². The Morgan fingerprint density at radius 3 is 2.48 bits per heavy atom. The lowest BCUT2D eigenvalue weighted by atomic mass is 10.1. The van der Waals surface area contributed by atoms with E-state index in [9.17, 15) is 0 Å². The summed E-state index contributed by atoms with van der Waals surface area (Å²) in [5, 5.41) is 0. The summed E-state index contributed by atoms with van der Waals surface area (Å²) in [5.41, 5.74) is 4.95. The SMILES string of the molecule is CC[n+]1ccc(/C=C2\C=Cc3ccccc3N2C)cc1.[I-]. The predicted octanol–water partition coefficient (Wildman–Crippen LogP) is 0.502. The summed E-state index contributed by atoms with van der Waals surface area (Å²) in [7, 11) is 2.11. The summed E-state index contributed by atoms with van der Waals surface area (Å²) in [4.78, 5) is 2.23. The van der Waals surface area contributed by atoms with Gasteiger partial charge in [-0.2, -0.15) is 0 Å². The van der Waals surface area contributed by atoms with Gasteiger partial charge in [0.1, 0.15) is 6.54 Å². The second-order valence-corrected chi connectivity index (χ2v) is 4.98. The molecule has 0 atom stereocenters. The zero-order valence-electron chi connectivity index (χ0n) is 12.3. The molecule has 108 valence electrons. The van der Waals surface area contributed by atoms with Crippen LogP contribution in [0.1, 0.15) is 18.1 Å². The van der Waals surface area contributed by atoms with Gasteiger partial charge in [-0.1, -0.05) is 24.3 Å². The quantitative estimate of drug-likeness (QED) is 0.535. The molecule has 1 aromatic carbocycles. The lowest BCUT2D eigenvalue weighted by Gasteiger charge is -2.26. The van der Waals surface area contributed by atoms with Crippen molar-refractivity contribution >= 4 is 17.8 Å². The minimum atomic E-state index is 0. The molecule has 0 bridgehead atoms. The zero-order chi connectivity index (χ0) is 13.9. The van der Waals surface area contributed by atoms with Crippen LogP contribution < -0.4 is 33.4 Å². The first-order chi connectivity index (χ1) is 9.78. The number of halogens is 1. The highest BCUT2D eigenvalue weighted by Gasteiger charge is 2.12. The van der Waals surface area contributed by atoms with Crippen molar-refractivity contribution in [1.82, 2.24) is 0 Å². The highest BCUT2D eigenvalue weighted by molar-refractivity contribution is 5.79. The van der Waals surface area contributed by atoms with Crippen LogP contribution in [-0.4, -0.2) is 7.05 Å². The number of allylic oxidation sites excluding steroid dienone is 1. The van der Waals surface area contributed by atoms with E-state index in [0.29, 0.717) is 0 Å². The van der Waals surface area contributed by atoms with Gasteiger partial charge in [-0.15, -0.1) is 0 Å². The first kappa shape index (κ1) is 15.8. The normalized spacial score (nSPS) is 14.8. The maximum atomic E-state index is 2.23. The number of hydrogen-bond acceptors (Lipinski definition) is 1. The average Bonchev–Trinajstić information content (AvgIpc) is 2.51. The van der Waals surface area contributed by atoms with Crippen molar-refractivity contribution in [2.45, 2.75) is 13.5 Å². The molecule has 3 heteroatoms. The third-order valence-electron chi connectivity index (χ3n) is 3.72. The lowest BCUT2D eigenvalue weighted by Crippen LogP contribution is -3.00. The molecule has 0 saturated carbocycles. The highest BCUT2D eigenvalue weighted by atomic mass is 127. The molecule has 0 unspecified atom stereocenters. The molecule has 0 spiro atoms. The summed E-state index contributed by atoms with van der Waals surface area (Å²) >= 11 is 0. The van der Waals surface area contributed by atoms with E-state index in [-0.39, 0.29) is 24.0 Å². The fourth-order valence-corrected chi connectivity index (χ4v) is 2.45. The number of fused-ring (bicyclic) bond motifs is 1. The number of anilines is 1. The van der Waals surface area contributed by atoms with E-state index < -0.39 is 0 Å². The number of benzene rings is 1. The molecule has 0 amide bonds. The van der Waals surface area contributed by atoms with E-state index in [1.54, 1.807) is 0 Å². The molecule has 0 saturated heterocycles. The summed E-state index contributed by atoms with van der Waals surface area (Å²) in [5.74, 6) is 0. The van der Waals surface area contributed by atoms with Gasteiger partial charge in [-0.25, -0.2) is 4.57 Å². The number of aromatic nitrogens is 1. The van der Waals surface area contributed by atoms with E-state index in [0.717, 1.165) is 6.54 Å². The number of hydrogen-bond donors (Lipinski definition) is 0. The molecular formula is C18H19IN2. The number of rotatable bonds is 2. The maximum absolute atomic E-state index is 2.23. The van der Waals surface area contributed by atoms with Crippen molar-refractivity contribution in [1.29, 1.82) is 0 Å². The Balaban J connectivity index is 0.00000161. The zero-order valence-corrected chi connectivity index (χ0v) is 14.5. The highest BCUT2D eigenvalue weighted by Crippen LogP contribution is 2.29. The van der Waals surface area contributed by atoms with Gasteiger partial charge in [-0.05, 0) is 36.3 Å². The maximum Gasteiger partial charge on any atom is 0.169 e. The molecule has 3 rings (SSSR count). The van der Waals surface area contributed by atoms with Crippen LogP contribution in [0.25, 0.3) is 12.2 Å².